The van der Waals surface area contributed by atoms with E-state index in [1.807, 2.05) is 30.3 Å². The summed E-state index contributed by atoms with van der Waals surface area (Å²) in [7, 11) is 1.65. The molecule has 0 aliphatic carbocycles. The molecule has 2 N–H and O–H groups in total. The van der Waals surface area contributed by atoms with Crippen molar-refractivity contribution in [3.8, 4) is 0 Å². The van der Waals surface area contributed by atoms with Crippen LogP contribution in [0.2, 0.25) is 10.0 Å². The molecule has 2 rings (SSSR count). The van der Waals surface area contributed by atoms with Gasteiger partial charge in [0.15, 0.2) is 0 Å². The van der Waals surface area contributed by atoms with E-state index in [0.717, 1.165) is 11.3 Å². The molecular formula is C17H19Cl2N3O. The molecule has 0 amide bonds. The molecule has 1 heterocycles. The van der Waals surface area contributed by atoms with Crippen LogP contribution < -0.4 is 10.6 Å². The molecular weight excluding hydrogens is 333 g/mol. The molecule has 1 aromatic heterocycles. The van der Waals surface area contributed by atoms with Gasteiger partial charge in [0, 0.05) is 30.6 Å². The first-order valence-corrected chi connectivity index (χ1v) is 7.92. The summed E-state index contributed by atoms with van der Waals surface area (Å²) < 4.78 is 4.99. The van der Waals surface area contributed by atoms with Gasteiger partial charge in [-0.05, 0) is 29.8 Å². The fourth-order valence-corrected chi connectivity index (χ4v) is 2.49. The number of ether oxygens (including phenoxy) is 1. The summed E-state index contributed by atoms with van der Waals surface area (Å²) in [5.74, 6) is 0.637. The Hall–Kier alpha value is -1.75. The summed E-state index contributed by atoms with van der Waals surface area (Å²) >= 11 is 12.3. The number of aromatic nitrogens is 1. The monoisotopic (exact) mass is 351 g/mol. The molecule has 1 atom stereocenters. The highest BCUT2D eigenvalue weighted by Crippen LogP contribution is 2.27. The molecule has 2 aromatic rings. The lowest BCUT2D eigenvalue weighted by Gasteiger charge is -2.17. The molecule has 0 aliphatic rings. The zero-order chi connectivity index (χ0) is 16.7. The number of nitrogens with one attached hydrogen (secondary N) is 2. The van der Waals surface area contributed by atoms with E-state index in [-0.39, 0.29) is 6.04 Å². The normalized spacial score (nSPS) is 11.8. The molecule has 23 heavy (non-hydrogen) atoms. The van der Waals surface area contributed by atoms with Crippen LogP contribution in [0, 0.1) is 0 Å². The van der Waals surface area contributed by atoms with E-state index in [2.05, 4.69) is 22.2 Å². The van der Waals surface area contributed by atoms with Crippen molar-refractivity contribution in [2.75, 3.05) is 30.9 Å². The highest BCUT2D eigenvalue weighted by atomic mass is 35.5. The van der Waals surface area contributed by atoms with Crippen molar-refractivity contribution in [2.45, 2.75) is 6.04 Å². The molecule has 1 aromatic carbocycles. The average Bonchev–Trinajstić information content (AvgIpc) is 2.54. The van der Waals surface area contributed by atoms with E-state index in [1.54, 1.807) is 19.4 Å². The van der Waals surface area contributed by atoms with Crippen LogP contribution in [0.5, 0.6) is 0 Å². The molecule has 0 fully saturated rings. The Labute approximate surface area is 146 Å². The van der Waals surface area contributed by atoms with Crippen LogP contribution in [0.4, 0.5) is 11.5 Å². The zero-order valence-corrected chi connectivity index (χ0v) is 14.4. The lowest BCUT2D eigenvalue weighted by molar-refractivity contribution is 0.210. The molecule has 0 radical (unpaired) electrons. The van der Waals surface area contributed by atoms with Crippen molar-refractivity contribution in [2.24, 2.45) is 0 Å². The summed E-state index contributed by atoms with van der Waals surface area (Å²) in [6.07, 6.45) is 3.57. The van der Waals surface area contributed by atoms with Crippen LogP contribution in [-0.4, -0.2) is 25.2 Å². The average molecular weight is 352 g/mol. The third kappa shape index (κ3) is 5.13. The minimum absolute atomic E-state index is 0.119. The highest BCUT2D eigenvalue weighted by Gasteiger charge is 2.11. The summed E-state index contributed by atoms with van der Waals surface area (Å²) in [6, 6.07) is 9.26. The fourth-order valence-electron chi connectivity index (χ4n) is 2.06. The van der Waals surface area contributed by atoms with Gasteiger partial charge >= 0.3 is 0 Å². The van der Waals surface area contributed by atoms with E-state index < -0.39 is 0 Å². The maximum atomic E-state index is 6.29. The summed E-state index contributed by atoms with van der Waals surface area (Å²) in [6.45, 7) is 5.11. The predicted molar refractivity (Wildman–Crippen MR) is 97.6 cm³/mol. The van der Waals surface area contributed by atoms with Gasteiger partial charge < -0.3 is 15.4 Å². The standard InChI is InChI=1S/C17H19Cl2N3O/c1-3-16(22-14-6-4-5-13(18)10-14)12-9-15(19)17(21-11-12)20-7-8-23-2/h3-6,9-11,16,22H,1,7-8H2,2H3,(H,20,21). The number of halogens is 2. The third-order valence-corrected chi connectivity index (χ3v) is 3.73. The number of anilines is 2. The Balaban J connectivity index is 2.11. The Kier molecular flexibility index (Phi) is 6.71. The molecule has 0 saturated heterocycles. The molecule has 122 valence electrons. The Morgan fingerprint density at radius 3 is 2.83 bits per heavy atom. The number of methoxy groups -OCH3 is 1. The Morgan fingerprint density at radius 2 is 2.17 bits per heavy atom. The summed E-state index contributed by atoms with van der Waals surface area (Å²) in [4.78, 5) is 4.37. The van der Waals surface area contributed by atoms with Crippen LogP contribution >= 0.6 is 23.2 Å². The maximum Gasteiger partial charge on any atom is 0.144 e. The van der Waals surface area contributed by atoms with Crippen molar-refractivity contribution in [1.29, 1.82) is 0 Å². The van der Waals surface area contributed by atoms with Crippen LogP contribution in [0.15, 0.2) is 49.2 Å². The smallest absolute Gasteiger partial charge is 0.144 e. The molecule has 6 heteroatoms. The van der Waals surface area contributed by atoms with Crippen LogP contribution in [0.25, 0.3) is 0 Å². The van der Waals surface area contributed by atoms with Gasteiger partial charge in [-0.1, -0.05) is 35.3 Å². The lowest BCUT2D eigenvalue weighted by Crippen LogP contribution is -2.11. The van der Waals surface area contributed by atoms with Gasteiger partial charge in [0.2, 0.25) is 0 Å². The van der Waals surface area contributed by atoms with Crippen LogP contribution in [0.3, 0.4) is 0 Å². The summed E-state index contributed by atoms with van der Waals surface area (Å²) in [5, 5.41) is 7.69. The zero-order valence-electron chi connectivity index (χ0n) is 12.9. The first-order chi connectivity index (χ1) is 11.1. The lowest BCUT2D eigenvalue weighted by atomic mass is 10.1. The minimum atomic E-state index is -0.119. The molecule has 0 aliphatic heterocycles. The van der Waals surface area contributed by atoms with E-state index in [4.69, 9.17) is 27.9 Å². The number of nitrogens with zero attached hydrogens (tertiary/aromatic N) is 1. The highest BCUT2D eigenvalue weighted by molar-refractivity contribution is 6.33. The van der Waals surface area contributed by atoms with Gasteiger partial charge in [-0.15, -0.1) is 6.58 Å². The summed E-state index contributed by atoms with van der Waals surface area (Å²) in [5.41, 5.74) is 1.82. The van der Waals surface area contributed by atoms with Crippen LogP contribution in [-0.2, 0) is 4.74 Å². The van der Waals surface area contributed by atoms with Crippen molar-refractivity contribution in [1.82, 2.24) is 4.98 Å². The van der Waals surface area contributed by atoms with Gasteiger partial charge in [0.05, 0.1) is 17.7 Å². The third-order valence-electron chi connectivity index (χ3n) is 3.20. The topological polar surface area (TPSA) is 46.2 Å². The molecule has 0 saturated carbocycles. The minimum Gasteiger partial charge on any atom is -0.383 e. The second-order valence-electron chi connectivity index (χ2n) is 4.89. The SMILES string of the molecule is C=CC(Nc1cccc(Cl)c1)c1cnc(NCCOC)c(Cl)c1. The molecule has 4 nitrogen and oxygen atoms in total. The van der Waals surface area contributed by atoms with Crippen molar-refractivity contribution >= 4 is 34.7 Å². The quantitative estimate of drug-likeness (QED) is 0.530. The van der Waals surface area contributed by atoms with E-state index in [0.29, 0.717) is 29.0 Å². The predicted octanol–water partition coefficient (Wildman–Crippen LogP) is 4.79. The second kappa shape index (κ2) is 8.77. The first-order valence-electron chi connectivity index (χ1n) is 7.17. The van der Waals surface area contributed by atoms with E-state index in [9.17, 15) is 0 Å². The maximum absolute atomic E-state index is 6.29. The molecule has 0 spiro atoms. The van der Waals surface area contributed by atoms with Crippen molar-refractivity contribution < 1.29 is 4.74 Å². The van der Waals surface area contributed by atoms with Gasteiger partial charge in [0.1, 0.15) is 5.82 Å². The van der Waals surface area contributed by atoms with E-state index >= 15 is 0 Å². The Bertz CT molecular complexity index is 664. The largest absolute Gasteiger partial charge is 0.383 e. The molecule has 1 unspecified atom stereocenters. The Morgan fingerprint density at radius 1 is 1.35 bits per heavy atom. The van der Waals surface area contributed by atoms with Crippen molar-refractivity contribution in [3.05, 3.63) is 64.8 Å². The van der Waals surface area contributed by atoms with Crippen LogP contribution in [0.1, 0.15) is 11.6 Å². The van der Waals surface area contributed by atoms with Gasteiger partial charge in [-0.3, -0.25) is 0 Å². The number of hydrogen-bond donors (Lipinski definition) is 2. The van der Waals surface area contributed by atoms with Gasteiger partial charge in [0.25, 0.3) is 0 Å². The second-order valence-corrected chi connectivity index (χ2v) is 5.73. The number of benzene rings is 1. The van der Waals surface area contributed by atoms with Gasteiger partial charge in [-0.2, -0.15) is 0 Å². The fraction of sp³-hybridized carbons (Fsp3) is 0.235. The first kappa shape index (κ1) is 17.6. The van der Waals surface area contributed by atoms with Crippen molar-refractivity contribution in [3.63, 3.8) is 0 Å². The van der Waals surface area contributed by atoms with Gasteiger partial charge in [-0.25, -0.2) is 4.98 Å². The number of hydrogen-bond acceptors (Lipinski definition) is 4. The number of rotatable bonds is 8. The molecule has 0 bridgehead atoms. The van der Waals surface area contributed by atoms with E-state index in [1.165, 1.54) is 0 Å². The number of pyridine rings is 1.